The number of benzene rings is 2. The van der Waals surface area contributed by atoms with Crippen molar-refractivity contribution >= 4 is 57.9 Å². The van der Waals surface area contributed by atoms with Gasteiger partial charge in [0.2, 0.25) is 5.91 Å². The summed E-state index contributed by atoms with van der Waals surface area (Å²) in [4.78, 5) is 13.5. The molecule has 164 valence electrons. The Morgan fingerprint density at radius 3 is 2.66 bits per heavy atom. The SMILES string of the molecule is CCOc1ccc(-n2c(SCC(=O)Nc3ccc(Cl)cc3Cl)nnc2-c2cccs2)cc1. The lowest BCUT2D eigenvalue weighted by Gasteiger charge is -2.11. The maximum atomic E-state index is 12.5. The summed E-state index contributed by atoms with van der Waals surface area (Å²) < 4.78 is 7.49. The zero-order chi connectivity index (χ0) is 22.5. The van der Waals surface area contributed by atoms with E-state index in [9.17, 15) is 4.79 Å². The Bertz CT molecular complexity index is 1210. The number of nitrogens with one attached hydrogen (secondary N) is 1. The van der Waals surface area contributed by atoms with Crippen LogP contribution in [0.25, 0.3) is 16.4 Å². The number of halogens is 2. The number of anilines is 1. The Labute approximate surface area is 203 Å². The Hall–Kier alpha value is -2.52. The number of carbonyl (C=O) groups excluding carboxylic acids is 1. The fourth-order valence-corrected chi connectivity index (χ4v) is 4.83. The molecule has 0 saturated heterocycles. The summed E-state index contributed by atoms with van der Waals surface area (Å²) in [5.41, 5.74) is 1.39. The highest BCUT2D eigenvalue weighted by Crippen LogP contribution is 2.31. The molecule has 0 aliphatic rings. The van der Waals surface area contributed by atoms with Crippen LogP contribution in [-0.4, -0.2) is 33.0 Å². The molecule has 0 unspecified atom stereocenters. The summed E-state index contributed by atoms with van der Waals surface area (Å²) in [7, 11) is 0. The number of carbonyl (C=O) groups is 1. The Morgan fingerprint density at radius 1 is 1.16 bits per heavy atom. The number of thioether (sulfide) groups is 1. The van der Waals surface area contributed by atoms with Gasteiger partial charge in [-0.05, 0) is 60.8 Å². The average Bonchev–Trinajstić information content (AvgIpc) is 3.45. The molecule has 32 heavy (non-hydrogen) atoms. The largest absolute Gasteiger partial charge is 0.494 e. The summed E-state index contributed by atoms with van der Waals surface area (Å²) >= 11 is 14.9. The molecule has 6 nitrogen and oxygen atoms in total. The second kappa shape index (κ2) is 10.4. The quantitative estimate of drug-likeness (QED) is 0.280. The van der Waals surface area contributed by atoms with Crippen molar-refractivity contribution in [2.24, 2.45) is 0 Å². The van der Waals surface area contributed by atoms with Crippen molar-refractivity contribution in [3.8, 4) is 22.1 Å². The standard InChI is InChI=1S/C22H18Cl2N4O2S2/c1-2-30-16-8-6-15(7-9-16)28-21(19-4-3-11-31-19)26-27-22(28)32-13-20(29)25-18-10-5-14(23)12-17(18)24/h3-12H,2,13H2,1H3,(H,25,29). The van der Waals surface area contributed by atoms with Gasteiger partial charge < -0.3 is 10.1 Å². The number of hydrogen-bond donors (Lipinski definition) is 1. The lowest BCUT2D eigenvalue weighted by molar-refractivity contribution is -0.113. The van der Waals surface area contributed by atoms with E-state index in [-0.39, 0.29) is 11.7 Å². The van der Waals surface area contributed by atoms with E-state index in [4.69, 9.17) is 27.9 Å². The van der Waals surface area contributed by atoms with Crippen LogP contribution in [0, 0.1) is 0 Å². The first-order chi connectivity index (χ1) is 15.5. The van der Waals surface area contributed by atoms with Gasteiger partial charge in [-0.3, -0.25) is 9.36 Å². The molecule has 0 spiro atoms. The van der Waals surface area contributed by atoms with E-state index in [2.05, 4.69) is 15.5 Å². The van der Waals surface area contributed by atoms with Crippen molar-refractivity contribution < 1.29 is 9.53 Å². The van der Waals surface area contributed by atoms with Gasteiger partial charge in [0.05, 0.1) is 33.6 Å². The first-order valence-corrected chi connectivity index (χ1v) is 12.3. The monoisotopic (exact) mass is 504 g/mol. The fourth-order valence-electron chi connectivity index (χ4n) is 2.93. The normalized spacial score (nSPS) is 10.8. The van der Waals surface area contributed by atoms with E-state index in [1.54, 1.807) is 29.5 Å². The highest BCUT2D eigenvalue weighted by Gasteiger charge is 2.18. The van der Waals surface area contributed by atoms with E-state index < -0.39 is 0 Å². The third-order valence-corrected chi connectivity index (χ3v) is 6.66. The van der Waals surface area contributed by atoms with Crippen LogP contribution in [0.2, 0.25) is 10.0 Å². The number of ether oxygens (including phenoxy) is 1. The summed E-state index contributed by atoms with van der Waals surface area (Å²) in [5.74, 6) is 1.43. The zero-order valence-corrected chi connectivity index (χ0v) is 20.1. The van der Waals surface area contributed by atoms with Gasteiger partial charge in [0, 0.05) is 5.02 Å². The van der Waals surface area contributed by atoms with Gasteiger partial charge >= 0.3 is 0 Å². The van der Waals surface area contributed by atoms with E-state index in [1.807, 2.05) is 53.3 Å². The van der Waals surface area contributed by atoms with Crippen LogP contribution < -0.4 is 10.1 Å². The van der Waals surface area contributed by atoms with Crippen molar-refractivity contribution in [1.82, 2.24) is 14.8 Å². The molecule has 0 saturated carbocycles. The van der Waals surface area contributed by atoms with Gasteiger partial charge in [0.15, 0.2) is 11.0 Å². The molecular formula is C22H18Cl2N4O2S2. The van der Waals surface area contributed by atoms with Crippen LogP contribution in [0.4, 0.5) is 5.69 Å². The molecule has 2 aromatic heterocycles. The molecule has 2 heterocycles. The number of thiophene rings is 1. The summed E-state index contributed by atoms with van der Waals surface area (Å²) in [5, 5.41) is 15.0. The number of rotatable bonds is 8. The van der Waals surface area contributed by atoms with Gasteiger partial charge in [-0.2, -0.15) is 0 Å². The van der Waals surface area contributed by atoms with Crippen molar-refractivity contribution in [3.05, 3.63) is 70.0 Å². The van der Waals surface area contributed by atoms with E-state index in [1.165, 1.54) is 11.8 Å². The third-order valence-electron chi connectivity index (χ3n) is 4.32. The first kappa shape index (κ1) is 22.7. The lowest BCUT2D eigenvalue weighted by Crippen LogP contribution is -2.15. The minimum absolute atomic E-state index is 0.137. The number of nitrogens with zero attached hydrogens (tertiary/aromatic N) is 3. The molecule has 0 aliphatic carbocycles. The second-order valence-electron chi connectivity index (χ2n) is 6.51. The Morgan fingerprint density at radius 2 is 1.97 bits per heavy atom. The van der Waals surface area contributed by atoms with Gasteiger partial charge in [-0.1, -0.05) is 41.0 Å². The van der Waals surface area contributed by atoms with E-state index in [0.29, 0.717) is 33.3 Å². The van der Waals surface area contributed by atoms with Crippen LogP contribution in [0.3, 0.4) is 0 Å². The van der Waals surface area contributed by atoms with Crippen LogP contribution in [0.1, 0.15) is 6.92 Å². The Kier molecular flexibility index (Phi) is 7.36. The summed E-state index contributed by atoms with van der Waals surface area (Å²) in [6.45, 7) is 2.54. The molecule has 1 N–H and O–H groups in total. The molecule has 1 amide bonds. The zero-order valence-electron chi connectivity index (χ0n) is 16.9. The fraction of sp³-hybridized carbons (Fsp3) is 0.136. The van der Waals surface area contributed by atoms with E-state index >= 15 is 0 Å². The number of amides is 1. The molecule has 0 radical (unpaired) electrons. The maximum absolute atomic E-state index is 12.5. The van der Waals surface area contributed by atoms with Crippen molar-refractivity contribution in [2.45, 2.75) is 12.1 Å². The van der Waals surface area contributed by atoms with Gasteiger partial charge in [-0.15, -0.1) is 21.5 Å². The summed E-state index contributed by atoms with van der Waals surface area (Å²) in [6.07, 6.45) is 0. The van der Waals surface area contributed by atoms with Crippen LogP contribution in [0.5, 0.6) is 5.75 Å². The van der Waals surface area contributed by atoms with Gasteiger partial charge in [0.25, 0.3) is 0 Å². The maximum Gasteiger partial charge on any atom is 0.234 e. The molecule has 10 heteroatoms. The molecule has 0 fully saturated rings. The van der Waals surface area contributed by atoms with Gasteiger partial charge in [0.1, 0.15) is 5.75 Å². The molecule has 2 aromatic carbocycles. The lowest BCUT2D eigenvalue weighted by atomic mass is 10.3. The second-order valence-corrected chi connectivity index (χ2v) is 9.24. The number of hydrogen-bond acceptors (Lipinski definition) is 6. The topological polar surface area (TPSA) is 69.0 Å². The minimum atomic E-state index is -0.210. The van der Waals surface area contributed by atoms with Crippen molar-refractivity contribution in [1.29, 1.82) is 0 Å². The van der Waals surface area contributed by atoms with Crippen LogP contribution in [-0.2, 0) is 4.79 Å². The Balaban J connectivity index is 1.56. The highest BCUT2D eigenvalue weighted by molar-refractivity contribution is 7.99. The van der Waals surface area contributed by atoms with Crippen molar-refractivity contribution in [2.75, 3.05) is 17.7 Å². The molecule has 0 bridgehead atoms. The van der Waals surface area contributed by atoms with Crippen LogP contribution in [0.15, 0.2) is 65.1 Å². The summed E-state index contributed by atoms with van der Waals surface area (Å²) in [6, 6.07) is 16.6. The predicted octanol–water partition coefficient (Wildman–Crippen LogP) is 6.43. The molecular weight excluding hydrogens is 487 g/mol. The highest BCUT2D eigenvalue weighted by atomic mass is 35.5. The minimum Gasteiger partial charge on any atom is -0.494 e. The van der Waals surface area contributed by atoms with Crippen molar-refractivity contribution in [3.63, 3.8) is 0 Å². The van der Waals surface area contributed by atoms with Gasteiger partial charge in [-0.25, -0.2) is 0 Å². The first-order valence-electron chi connectivity index (χ1n) is 9.65. The third kappa shape index (κ3) is 5.27. The predicted molar refractivity (Wildman–Crippen MR) is 132 cm³/mol. The molecule has 4 rings (SSSR count). The average molecular weight is 505 g/mol. The van der Waals surface area contributed by atoms with Crippen LogP contribution >= 0.6 is 46.3 Å². The number of aromatic nitrogens is 3. The molecule has 0 atom stereocenters. The molecule has 4 aromatic rings. The molecule has 0 aliphatic heterocycles. The smallest absolute Gasteiger partial charge is 0.234 e. The van der Waals surface area contributed by atoms with E-state index in [0.717, 1.165) is 16.3 Å².